The number of carboxylic acid groups (broad SMARTS) is 1. The highest BCUT2D eigenvalue weighted by atomic mass is 32.1. The quantitative estimate of drug-likeness (QED) is 0.653. The van der Waals surface area contributed by atoms with Gasteiger partial charge in [0.05, 0.1) is 6.42 Å². The number of carbonyl (C=O) groups is 1. The van der Waals surface area contributed by atoms with Crippen molar-refractivity contribution >= 4 is 34.2 Å². The second kappa shape index (κ2) is 8.98. The fourth-order valence-corrected chi connectivity index (χ4v) is 5.87. The Morgan fingerprint density at radius 2 is 2.08 bits per heavy atom. The third-order valence-electron chi connectivity index (χ3n) is 5.15. The molecule has 0 unspecified atom stereocenters. The van der Waals surface area contributed by atoms with Crippen LogP contribution >= 0.6 is 22.7 Å². The van der Waals surface area contributed by atoms with Crippen molar-refractivity contribution in [3.63, 3.8) is 0 Å². The highest BCUT2D eigenvalue weighted by molar-refractivity contribution is 7.14. The third-order valence-corrected chi connectivity index (χ3v) is 7.19. The van der Waals surface area contributed by atoms with E-state index >= 15 is 0 Å². The molecule has 5 heteroatoms. The fourth-order valence-electron chi connectivity index (χ4n) is 3.78. The summed E-state index contributed by atoms with van der Waals surface area (Å²) in [5.74, 6) is -0.682. The zero-order valence-corrected chi connectivity index (χ0v) is 17.2. The highest BCUT2D eigenvalue weighted by Gasteiger charge is 2.25. The first-order valence-corrected chi connectivity index (χ1v) is 11.1. The maximum Gasteiger partial charge on any atom is 0.304 e. The lowest BCUT2D eigenvalue weighted by Crippen LogP contribution is -2.32. The topological polar surface area (TPSA) is 40.5 Å². The van der Waals surface area contributed by atoms with E-state index in [1.807, 2.05) is 22.7 Å². The Morgan fingerprint density at radius 1 is 1.31 bits per heavy atom. The van der Waals surface area contributed by atoms with Gasteiger partial charge in [-0.1, -0.05) is 13.0 Å². The maximum absolute atomic E-state index is 11.1. The van der Waals surface area contributed by atoms with Crippen LogP contribution in [-0.4, -0.2) is 35.1 Å². The van der Waals surface area contributed by atoms with Crippen LogP contribution in [0.3, 0.4) is 0 Å². The number of hydrogen-bond donors (Lipinski definition) is 1. The number of nitrogens with zero attached hydrogens (tertiary/aromatic N) is 1. The SMILES string of the molecule is CCc1ccsc1C(=CCCN1CCC[C@H]1CC(=O)O)c1sccc1C. The predicted octanol–water partition coefficient (Wildman–Crippen LogP) is 5.44. The number of hydrogen-bond acceptors (Lipinski definition) is 4. The number of thiophene rings is 2. The van der Waals surface area contributed by atoms with Crippen molar-refractivity contribution in [2.45, 2.75) is 52.0 Å². The first-order chi connectivity index (χ1) is 12.6. The standard InChI is InChI=1S/C21H27NO2S2/c1-3-16-9-13-26-21(16)18(20-15(2)8-12-25-20)7-5-11-22-10-4-6-17(22)14-19(23)24/h7-9,12-13,17H,3-6,10-11,14H2,1-2H3,(H,23,24)/t17-/m0/s1. The van der Waals surface area contributed by atoms with E-state index in [0.717, 1.165) is 38.8 Å². The summed E-state index contributed by atoms with van der Waals surface area (Å²) in [6.45, 7) is 6.37. The second-order valence-electron chi connectivity index (χ2n) is 6.90. The second-order valence-corrected chi connectivity index (χ2v) is 8.73. The van der Waals surface area contributed by atoms with E-state index in [-0.39, 0.29) is 12.5 Å². The van der Waals surface area contributed by atoms with Crippen molar-refractivity contribution < 1.29 is 9.90 Å². The number of aliphatic carboxylic acids is 1. The van der Waals surface area contributed by atoms with E-state index in [0.29, 0.717) is 0 Å². The van der Waals surface area contributed by atoms with Crippen molar-refractivity contribution in [3.8, 4) is 0 Å². The van der Waals surface area contributed by atoms with Crippen molar-refractivity contribution in [3.05, 3.63) is 49.9 Å². The summed E-state index contributed by atoms with van der Waals surface area (Å²) in [6, 6.07) is 4.64. The minimum absolute atomic E-state index is 0.209. The molecule has 2 aromatic heterocycles. The summed E-state index contributed by atoms with van der Waals surface area (Å²) in [4.78, 5) is 16.2. The average Bonchev–Trinajstić information content (AvgIpc) is 3.33. The molecule has 2 aromatic rings. The minimum atomic E-state index is -0.682. The van der Waals surface area contributed by atoms with Gasteiger partial charge in [-0.2, -0.15) is 0 Å². The normalized spacial score (nSPS) is 18.5. The lowest BCUT2D eigenvalue weighted by atomic mass is 10.0. The molecule has 1 saturated heterocycles. The van der Waals surface area contributed by atoms with Gasteiger partial charge in [-0.25, -0.2) is 0 Å². The molecule has 1 atom stereocenters. The molecule has 1 fully saturated rings. The molecule has 0 amide bonds. The van der Waals surface area contributed by atoms with E-state index in [1.54, 1.807) is 0 Å². The number of rotatable bonds is 8. The first-order valence-electron chi connectivity index (χ1n) is 9.37. The number of likely N-dealkylation sites (tertiary alicyclic amines) is 1. The molecule has 3 nitrogen and oxygen atoms in total. The molecule has 1 N–H and O–H groups in total. The molecule has 0 bridgehead atoms. The number of carboxylic acids is 1. The Kier molecular flexibility index (Phi) is 6.68. The molecule has 0 radical (unpaired) electrons. The van der Waals surface area contributed by atoms with Gasteiger partial charge in [-0.15, -0.1) is 22.7 Å². The molecule has 0 aromatic carbocycles. The summed E-state index contributed by atoms with van der Waals surface area (Å²) in [7, 11) is 0. The van der Waals surface area contributed by atoms with Crippen LogP contribution in [0.15, 0.2) is 29.0 Å². The van der Waals surface area contributed by atoms with Crippen LogP contribution in [0.5, 0.6) is 0 Å². The molecular weight excluding hydrogens is 362 g/mol. The van der Waals surface area contributed by atoms with Gasteiger partial charge < -0.3 is 5.11 Å². The van der Waals surface area contributed by atoms with Crippen LogP contribution in [0.25, 0.3) is 5.57 Å². The van der Waals surface area contributed by atoms with Crippen LogP contribution in [0.1, 0.15) is 53.5 Å². The highest BCUT2D eigenvalue weighted by Crippen LogP contribution is 2.36. The molecular formula is C21H27NO2S2. The zero-order valence-electron chi connectivity index (χ0n) is 15.5. The zero-order chi connectivity index (χ0) is 18.5. The number of aryl methyl sites for hydroxylation is 2. The lowest BCUT2D eigenvalue weighted by molar-refractivity contribution is -0.138. The van der Waals surface area contributed by atoms with Crippen LogP contribution in [0.4, 0.5) is 0 Å². The fraction of sp³-hybridized carbons (Fsp3) is 0.476. The van der Waals surface area contributed by atoms with E-state index in [2.05, 4.69) is 47.7 Å². The van der Waals surface area contributed by atoms with E-state index < -0.39 is 5.97 Å². The third kappa shape index (κ3) is 4.45. The van der Waals surface area contributed by atoms with Gasteiger partial charge in [0.15, 0.2) is 0 Å². The maximum atomic E-state index is 11.1. The molecule has 0 aliphatic carbocycles. The molecule has 140 valence electrons. The Morgan fingerprint density at radius 3 is 2.77 bits per heavy atom. The molecule has 3 rings (SSSR count). The molecule has 3 heterocycles. The summed E-state index contributed by atoms with van der Waals surface area (Å²) in [5.41, 5.74) is 4.11. The van der Waals surface area contributed by atoms with Gasteiger partial charge in [0, 0.05) is 27.9 Å². The molecule has 0 saturated carbocycles. The molecule has 1 aliphatic rings. The van der Waals surface area contributed by atoms with Crippen molar-refractivity contribution in [2.75, 3.05) is 13.1 Å². The Hall–Kier alpha value is -1.43. The molecule has 1 aliphatic heterocycles. The molecule has 0 spiro atoms. The summed E-state index contributed by atoms with van der Waals surface area (Å²) >= 11 is 3.64. The summed E-state index contributed by atoms with van der Waals surface area (Å²) in [5, 5.41) is 13.5. The average molecular weight is 390 g/mol. The van der Waals surface area contributed by atoms with Gasteiger partial charge >= 0.3 is 5.97 Å². The van der Waals surface area contributed by atoms with Crippen LogP contribution < -0.4 is 0 Å². The van der Waals surface area contributed by atoms with Crippen molar-refractivity contribution in [1.29, 1.82) is 0 Å². The minimum Gasteiger partial charge on any atom is -0.481 e. The van der Waals surface area contributed by atoms with Crippen LogP contribution in [-0.2, 0) is 11.2 Å². The summed E-state index contributed by atoms with van der Waals surface area (Å²) < 4.78 is 0. The monoisotopic (exact) mass is 389 g/mol. The Labute approximate surface area is 164 Å². The lowest BCUT2D eigenvalue weighted by Gasteiger charge is -2.22. The van der Waals surface area contributed by atoms with E-state index in [4.69, 9.17) is 5.11 Å². The van der Waals surface area contributed by atoms with E-state index in [9.17, 15) is 4.79 Å². The van der Waals surface area contributed by atoms with Crippen molar-refractivity contribution in [1.82, 2.24) is 4.90 Å². The van der Waals surface area contributed by atoms with E-state index in [1.165, 1.54) is 26.5 Å². The smallest absolute Gasteiger partial charge is 0.304 e. The van der Waals surface area contributed by atoms with Crippen LogP contribution in [0, 0.1) is 6.92 Å². The van der Waals surface area contributed by atoms with Gasteiger partial charge in [0.2, 0.25) is 0 Å². The van der Waals surface area contributed by atoms with Gasteiger partial charge in [0.1, 0.15) is 0 Å². The van der Waals surface area contributed by atoms with Crippen LogP contribution in [0.2, 0.25) is 0 Å². The largest absolute Gasteiger partial charge is 0.481 e. The Balaban J connectivity index is 1.77. The predicted molar refractivity (Wildman–Crippen MR) is 111 cm³/mol. The first kappa shape index (κ1) is 19.3. The van der Waals surface area contributed by atoms with Gasteiger partial charge in [-0.05, 0) is 73.2 Å². The van der Waals surface area contributed by atoms with Gasteiger partial charge in [0.25, 0.3) is 0 Å². The van der Waals surface area contributed by atoms with Crippen molar-refractivity contribution in [2.24, 2.45) is 0 Å². The Bertz CT molecular complexity index is 775. The van der Waals surface area contributed by atoms with Gasteiger partial charge in [-0.3, -0.25) is 9.69 Å². The molecule has 26 heavy (non-hydrogen) atoms. The summed E-state index contributed by atoms with van der Waals surface area (Å²) in [6.07, 6.45) is 6.78.